The first-order valence-electron chi connectivity index (χ1n) is 9.78. The van der Waals surface area contributed by atoms with Crippen LogP contribution in [0.2, 0.25) is 5.02 Å². The van der Waals surface area contributed by atoms with Crippen LogP contribution in [0.1, 0.15) is 22.4 Å². The Labute approximate surface area is 204 Å². The molecule has 0 radical (unpaired) electrons. The van der Waals surface area contributed by atoms with Crippen LogP contribution in [0.3, 0.4) is 0 Å². The second kappa shape index (κ2) is 10.4. The zero-order chi connectivity index (χ0) is 22.5. The maximum atomic E-state index is 12.7. The molecule has 0 bridgehead atoms. The van der Waals surface area contributed by atoms with E-state index in [9.17, 15) is 9.59 Å². The molecular weight excluding hydrogens is 482 g/mol. The molecule has 0 aliphatic carbocycles. The Morgan fingerprint density at radius 3 is 2.69 bits per heavy atom. The first-order chi connectivity index (χ1) is 15.5. The molecule has 2 amide bonds. The number of anilines is 1. The molecule has 1 saturated heterocycles. The molecule has 3 aromatic rings. The van der Waals surface area contributed by atoms with Gasteiger partial charge in [0.15, 0.2) is 5.13 Å². The molecule has 5 nitrogen and oxygen atoms in total. The van der Waals surface area contributed by atoms with E-state index in [2.05, 4.69) is 10.3 Å². The lowest BCUT2D eigenvalue weighted by Gasteiger charge is -2.13. The summed E-state index contributed by atoms with van der Waals surface area (Å²) < 4.78 is 0.459. The summed E-state index contributed by atoms with van der Waals surface area (Å²) in [4.78, 5) is 32.4. The van der Waals surface area contributed by atoms with Crippen molar-refractivity contribution in [2.45, 2.75) is 12.8 Å². The lowest BCUT2D eigenvalue weighted by molar-refractivity contribution is -0.122. The molecule has 2 heterocycles. The number of thioether (sulfide) groups is 1. The lowest BCUT2D eigenvalue weighted by atomic mass is 10.1. The van der Waals surface area contributed by atoms with Gasteiger partial charge >= 0.3 is 0 Å². The lowest BCUT2D eigenvalue weighted by Crippen LogP contribution is -2.31. The van der Waals surface area contributed by atoms with Gasteiger partial charge in [0.25, 0.3) is 5.91 Å². The second-order valence-corrected chi connectivity index (χ2v) is 10.1. The van der Waals surface area contributed by atoms with Crippen LogP contribution in [-0.2, 0) is 16.0 Å². The molecule has 0 saturated carbocycles. The highest BCUT2D eigenvalue weighted by atomic mass is 35.5. The van der Waals surface area contributed by atoms with Crippen molar-refractivity contribution in [3.63, 3.8) is 0 Å². The van der Waals surface area contributed by atoms with E-state index < -0.39 is 0 Å². The Morgan fingerprint density at radius 1 is 1.16 bits per heavy atom. The van der Waals surface area contributed by atoms with Crippen molar-refractivity contribution in [3.8, 4) is 0 Å². The first kappa shape index (κ1) is 22.7. The number of carbonyl (C=O) groups is 2. The van der Waals surface area contributed by atoms with Gasteiger partial charge in [0.2, 0.25) is 5.91 Å². The van der Waals surface area contributed by atoms with E-state index in [0.717, 1.165) is 16.0 Å². The molecule has 162 valence electrons. The largest absolute Gasteiger partial charge is 0.302 e. The van der Waals surface area contributed by atoms with Crippen LogP contribution in [0.4, 0.5) is 5.13 Å². The van der Waals surface area contributed by atoms with Crippen molar-refractivity contribution in [3.05, 3.63) is 86.7 Å². The predicted octanol–water partition coefficient (Wildman–Crippen LogP) is 5.62. The summed E-state index contributed by atoms with van der Waals surface area (Å²) in [5.41, 5.74) is 1.94. The summed E-state index contributed by atoms with van der Waals surface area (Å²) in [7, 11) is 0. The summed E-state index contributed by atoms with van der Waals surface area (Å²) >= 11 is 14.2. The number of halogens is 1. The molecule has 0 spiro atoms. The molecule has 9 heteroatoms. The van der Waals surface area contributed by atoms with Crippen LogP contribution in [-0.4, -0.2) is 32.6 Å². The van der Waals surface area contributed by atoms with Crippen LogP contribution < -0.4 is 5.32 Å². The smallest absolute Gasteiger partial charge is 0.266 e. The number of thiocarbonyl (C=S) groups is 1. The molecule has 1 aliphatic heterocycles. The number of nitrogens with zero attached hydrogens (tertiary/aromatic N) is 2. The third kappa shape index (κ3) is 5.63. The first-order valence-corrected chi connectivity index (χ1v) is 12.2. The van der Waals surface area contributed by atoms with E-state index >= 15 is 0 Å². The van der Waals surface area contributed by atoms with Gasteiger partial charge in [0.05, 0.1) is 4.91 Å². The number of benzene rings is 2. The molecule has 1 fully saturated rings. The van der Waals surface area contributed by atoms with E-state index in [-0.39, 0.29) is 24.8 Å². The van der Waals surface area contributed by atoms with E-state index in [1.807, 2.05) is 60.7 Å². The normalized spacial score (nSPS) is 14.9. The number of thiazole rings is 1. The Morgan fingerprint density at radius 2 is 1.91 bits per heavy atom. The standard InChI is InChI=1S/C23H18ClN3O2S3/c24-18-9-5-4-8-16(18)13-17-14-25-22(31-17)26-20(28)10-11-27-21(29)19(32-23(27)30)12-15-6-2-1-3-7-15/h1-9,12,14H,10-11,13H2,(H,25,26,28)/b19-12-. The van der Waals surface area contributed by atoms with Gasteiger partial charge in [-0.15, -0.1) is 11.3 Å². The van der Waals surface area contributed by atoms with E-state index in [1.165, 1.54) is 28.0 Å². The number of aromatic nitrogens is 1. The summed E-state index contributed by atoms with van der Waals surface area (Å²) in [6, 6.07) is 17.2. The van der Waals surface area contributed by atoms with E-state index in [4.69, 9.17) is 23.8 Å². The van der Waals surface area contributed by atoms with Gasteiger partial charge in [-0.2, -0.15) is 0 Å². The van der Waals surface area contributed by atoms with Crippen molar-refractivity contribution in [2.24, 2.45) is 0 Å². The minimum atomic E-state index is -0.218. The van der Waals surface area contributed by atoms with Gasteiger partial charge in [0, 0.05) is 35.5 Å². The SMILES string of the molecule is O=C(CCN1C(=O)/C(=C/c2ccccc2)SC1=S)Nc1ncc(Cc2ccccc2Cl)s1. The van der Waals surface area contributed by atoms with Crippen LogP contribution in [0.25, 0.3) is 6.08 Å². The number of hydrogen-bond donors (Lipinski definition) is 1. The van der Waals surface area contributed by atoms with Crippen LogP contribution >= 0.6 is 46.9 Å². The highest BCUT2D eigenvalue weighted by Gasteiger charge is 2.32. The van der Waals surface area contributed by atoms with Gasteiger partial charge in [-0.25, -0.2) is 4.98 Å². The zero-order valence-electron chi connectivity index (χ0n) is 16.8. The average Bonchev–Trinajstić information content (AvgIpc) is 3.32. The minimum absolute atomic E-state index is 0.129. The van der Waals surface area contributed by atoms with E-state index in [0.29, 0.717) is 25.8 Å². The predicted molar refractivity (Wildman–Crippen MR) is 136 cm³/mol. The van der Waals surface area contributed by atoms with Gasteiger partial charge in [-0.1, -0.05) is 84.1 Å². The maximum Gasteiger partial charge on any atom is 0.266 e. The molecule has 2 aromatic carbocycles. The summed E-state index contributed by atoms with van der Waals surface area (Å²) in [6.45, 7) is 0.223. The third-order valence-corrected chi connectivity index (χ3v) is 7.32. The fourth-order valence-corrected chi connectivity index (χ4v) is 5.43. The van der Waals surface area contributed by atoms with E-state index in [1.54, 1.807) is 6.20 Å². The average molecular weight is 500 g/mol. The highest BCUT2D eigenvalue weighted by molar-refractivity contribution is 8.26. The van der Waals surface area contributed by atoms with Crippen LogP contribution in [0.15, 0.2) is 65.7 Å². The Balaban J connectivity index is 1.31. The van der Waals surface area contributed by atoms with Crippen molar-refractivity contribution < 1.29 is 9.59 Å². The van der Waals surface area contributed by atoms with Crippen molar-refractivity contribution in [2.75, 3.05) is 11.9 Å². The monoisotopic (exact) mass is 499 g/mol. The number of rotatable bonds is 7. The highest BCUT2D eigenvalue weighted by Crippen LogP contribution is 2.32. The summed E-state index contributed by atoms with van der Waals surface area (Å²) in [5, 5.41) is 4.02. The maximum absolute atomic E-state index is 12.7. The fourth-order valence-electron chi connectivity index (χ4n) is 3.07. The topological polar surface area (TPSA) is 62.3 Å². The molecule has 1 aliphatic rings. The van der Waals surface area contributed by atoms with Crippen molar-refractivity contribution in [1.82, 2.24) is 9.88 Å². The molecule has 4 rings (SSSR count). The minimum Gasteiger partial charge on any atom is -0.302 e. The Hall–Kier alpha value is -2.52. The van der Waals surface area contributed by atoms with Gasteiger partial charge in [-0.05, 0) is 23.3 Å². The quantitative estimate of drug-likeness (QED) is 0.338. The number of nitrogens with one attached hydrogen (secondary N) is 1. The molecule has 0 unspecified atom stereocenters. The van der Waals surface area contributed by atoms with Crippen molar-refractivity contribution in [1.29, 1.82) is 0 Å². The number of hydrogen-bond acceptors (Lipinski definition) is 6. The van der Waals surface area contributed by atoms with Crippen LogP contribution in [0, 0.1) is 0 Å². The molecule has 32 heavy (non-hydrogen) atoms. The zero-order valence-corrected chi connectivity index (χ0v) is 20.0. The van der Waals surface area contributed by atoms with Crippen LogP contribution in [0.5, 0.6) is 0 Å². The van der Waals surface area contributed by atoms with Gasteiger partial charge < -0.3 is 5.32 Å². The second-order valence-electron chi connectivity index (χ2n) is 6.94. The Kier molecular flexibility index (Phi) is 7.36. The number of amides is 2. The number of carbonyl (C=O) groups excluding carboxylic acids is 2. The summed E-state index contributed by atoms with van der Waals surface area (Å²) in [6.07, 6.45) is 4.33. The third-order valence-electron chi connectivity index (χ3n) is 4.66. The molecular formula is C23H18ClN3O2S3. The van der Waals surface area contributed by atoms with Gasteiger partial charge in [0.1, 0.15) is 4.32 Å². The van der Waals surface area contributed by atoms with Crippen molar-refractivity contribution >= 4 is 74.3 Å². The summed E-state index contributed by atoms with van der Waals surface area (Å²) in [5.74, 6) is -0.391. The fraction of sp³-hybridized carbons (Fsp3) is 0.130. The molecule has 1 N–H and O–H groups in total. The molecule has 0 atom stereocenters. The van der Waals surface area contributed by atoms with Gasteiger partial charge in [-0.3, -0.25) is 14.5 Å². The molecule has 1 aromatic heterocycles. The Bertz CT molecular complexity index is 1190.